The van der Waals surface area contributed by atoms with Gasteiger partial charge in [0.1, 0.15) is 0 Å². The quantitative estimate of drug-likeness (QED) is 0.484. The highest BCUT2D eigenvalue weighted by Crippen LogP contribution is 2.32. The second-order valence-electron chi connectivity index (χ2n) is 7.82. The molecule has 0 aliphatic carbocycles. The molecule has 1 aliphatic heterocycles. The van der Waals surface area contributed by atoms with Crippen molar-refractivity contribution in [2.24, 2.45) is 0 Å². The van der Waals surface area contributed by atoms with Crippen LogP contribution in [0.3, 0.4) is 0 Å². The molecule has 0 spiro atoms. The number of carbonyl (C=O) groups excluding carboxylic acids is 1. The van der Waals surface area contributed by atoms with E-state index in [0.717, 1.165) is 34.7 Å². The van der Waals surface area contributed by atoms with Crippen LogP contribution in [-0.4, -0.2) is 16.0 Å². The standard InChI is InChI=1S/C26H29N3OS/c1-5-19-11-13-22(14-12-19)27-26-28-25(30)24(31-26)16-21-15-17(3)29(18(21)4)23-10-8-7-9-20(23)6-2/h7-16,26-27H,5-6H2,1-4H3,(H,28,30)/b24-16-/t26-/m0/s1. The topological polar surface area (TPSA) is 46.1 Å². The van der Waals surface area contributed by atoms with Crippen LogP contribution in [0.5, 0.6) is 0 Å². The van der Waals surface area contributed by atoms with Gasteiger partial charge in [0.2, 0.25) is 0 Å². The van der Waals surface area contributed by atoms with Crippen molar-refractivity contribution in [1.29, 1.82) is 0 Å². The third kappa shape index (κ3) is 4.42. The van der Waals surface area contributed by atoms with Crippen molar-refractivity contribution >= 4 is 29.4 Å². The predicted molar refractivity (Wildman–Crippen MR) is 132 cm³/mol. The van der Waals surface area contributed by atoms with E-state index in [1.807, 2.05) is 6.08 Å². The highest BCUT2D eigenvalue weighted by molar-refractivity contribution is 8.05. The molecular formula is C26H29N3OS. The van der Waals surface area contributed by atoms with Gasteiger partial charge in [-0.25, -0.2) is 0 Å². The molecule has 31 heavy (non-hydrogen) atoms. The minimum atomic E-state index is -0.171. The summed E-state index contributed by atoms with van der Waals surface area (Å²) in [6.07, 6.45) is 4.01. The fraction of sp³-hybridized carbons (Fsp3) is 0.269. The van der Waals surface area contributed by atoms with Gasteiger partial charge in [-0.05, 0) is 73.7 Å². The molecule has 4 nitrogen and oxygen atoms in total. The third-order valence-corrected chi connectivity index (χ3v) is 6.79. The number of hydrogen-bond donors (Lipinski definition) is 2. The molecule has 4 rings (SSSR count). The maximum absolute atomic E-state index is 12.6. The van der Waals surface area contributed by atoms with E-state index in [0.29, 0.717) is 0 Å². The van der Waals surface area contributed by atoms with Crippen LogP contribution >= 0.6 is 11.8 Å². The normalized spacial score (nSPS) is 17.2. The largest absolute Gasteiger partial charge is 0.357 e. The minimum absolute atomic E-state index is 0.0357. The first-order valence-corrected chi connectivity index (χ1v) is 11.7. The summed E-state index contributed by atoms with van der Waals surface area (Å²) in [6.45, 7) is 8.56. The van der Waals surface area contributed by atoms with Crippen LogP contribution in [0.15, 0.2) is 59.5 Å². The van der Waals surface area contributed by atoms with E-state index >= 15 is 0 Å². The Balaban J connectivity index is 1.57. The van der Waals surface area contributed by atoms with Gasteiger partial charge in [-0.3, -0.25) is 4.79 Å². The maximum atomic E-state index is 12.6. The zero-order chi connectivity index (χ0) is 22.0. The van der Waals surface area contributed by atoms with E-state index in [1.54, 1.807) is 0 Å². The van der Waals surface area contributed by atoms with Crippen molar-refractivity contribution in [3.05, 3.63) is 87.6 Å². The number of para-hydroxylation sites is 1. The van der Waals surface area contributed by atoms with Crippen LogP contribution in [0.25, 0.3) is 11.8 Å². The number of nitrogens with zero attached hydrogens (tertiary/aromatic N) is 1. The molecule has 2 heterocycles. The fourth-order valence-electron chi connectivity index (χ4n) is 4.03. The molecule has 0 saturated carbocycles. The number of rotatable bonds is 6. The fourth-order valence-corrected chi connectivity index (χ4v) is 5.00. The first-order chi connectivity index (χ1) is 15.0. The molecule has 5 heteroatoms. The van der Waals surface area contributed by atoms with Crippen LogP contribution < -0.4 is 10.6 Å². The van der Waals surface area contributed by atoms with Gasteiger partial charge in [0, 0.05) is 22.8 Å². The lowest BCUT2D eigenvalue weighted by atomic mass is 10.1. The van der Waals surface area contributed by atoms with Gasteiger partial charge in [-0.15, -0.1) is 0 Å². The van der Waals surface area contributed by atoms with Crippen LogP contribution in [0, 0.1) is 13.8 Å². The molecule has 1 aliphatic rings. The Kier molecular flexibility index (Phi) is 6.23. The zero-order valence-corrected chi connectivity index (χ0v) is 19.3. The molecule has 0 bridgehead atoms. The van der Waals surface area contributed by atoms with E-state index < -0.39 is 0 Å². The predicted octanol–water partition coefficient (Wildman–Crippen LogP) is 5.82. The van der Waals surface area contributed by atoms with Crippen LogP contribution in [0.2, 0.25) is 0 Å². The van der Waals surface area contributed by atoms with Gasteiger partial charge in [-0.1, -0.05) is 55.9 Å². The number of thioether (sulfide) groups is 1. The van der Waals surface area contributed by atoms with Crippen molar-refractivity contribution in [3.8, 4) is 5.69 Å². The molecule has 1 atom stereocenters. The van der Waals surface area contributed by atoms with E-state index in [9.17, 15) is 4.79 Å². The van der Waals surface area contributed by atoms with Gasteiger partial charge < -0.3 is 15.2 Å². The van der Waals surface area contributed by atoms with Crippen molar-refractivity contribution < 1.29 is 4.79 Å². The summed E-state index contributed by atoms with van der Waals surface area (Å²) >= 11 is 1.53. The monoisotopic (exact) mass is 431 g/mol. The molecule has 1 aromatic heterocycles. The number of benzene rings is 2. The van der Waals surface area contributed by atoms with E-state index in [4.69, 9.17) is 0 Å². The van der Waals surface area contributed by atoms with Crippen molar-refractivity contribution in [3.63, 3.8) is 0 Å². The smallest absolute Gasteiger partial charge is 0.260 e. The third-order valence-electron chi connectivity index (χ3n) is 5.76. The summed E-state index contributed by atoms with van der Waals surface area (Å²) in [5.74, 6) is -0.0357. The Morgan fingerprint density at radius 3 is 2.52 bits per heavy atom. The van der Waals surface area contributed by atoms with Crippen molar-refractivity contribution in [1.82, 2.24) is 9.88 Å². The molecule has 3 aromatic rings. The number of hydrogen-bond acceptors (Lipinski definition) is 3. The molecule has 1 fully saturated rings. The first-order valence-electron chi connectivity index (χ1n) is 10.8. The van der Waals surface area contributed by atoms with Gasteiger partial charge in [0.05, 0.1) is 4.91 Å². The summed E-state index contributed by atoms with van der Waals surface area (Å²) < 4.78 is 2.29. The Morgan fingerprint density at radius 1 is 1.06 bits per heavy atom. The second-order valence-corrected chi connectivity index (χ2v) is 8.97. The summed E-state index contributed by atoms with van der Waals surface area (Å²) in [4.78, 5) is 13.3. The Labute approximate surface area is 188 Å². The number of amides is 1. The summed E-state index contributed by atoms with van der Waals surface area (Å²) in [5, 5.41) is 6.43. The number of nitrogens with one attached hydrogen (secondary N) is 2. The van der Waals surface area contributed by atoms with Gasteiger partial charge in [0.15, 0.2) is 5.50 Å². The molecule has 0 unspecified atom stereocenters. The van der Waals surface area contributed by atoms with Crippen LogP contribution in [0.4, 0.5) is 5.69 Å². The summed E-state index contributed by atoms with van der Waals surface area (Å²) in [7, 11) is 0. The average molecular weight is 432 g/mol. The van der Waals surface area contributed by atoms with E-state index in [1.165, 1.54) is 34.3 Å². The number of aromatic nitrogens is 1. The number of carbonyl (C=O) groups is 1. The Morgan fingerprint density at radius 2 is 1.81 bits per heavy atom. The van der Waals surface area contributed by atoms with Crippen LogP contribution in [0.1, 0.15) is 41.9 Å². The Bertz CT molecular complexity index is 1130. The summed E-state index contributed by atoms with van der Waals surface area (Å²) in [6, 6.07) is 19.0. The molecule has 0 radical (unpaired) electrons. The number of aryl methyl sites for hydroxylation is 3. The van der Waals surface area contributed by atoms with Crippen LogP contribution in [-0.2, 0) is 17.6 Å². The zero-order valence-electron chi connectivity index (χ0n) is 18.5. The summed E-state index contributed by atoms with van der Waals surface area (Å²) in [5.41, 5.74) is 8.05. The van der Waals surface area contributed by atoms with E-state index in [2.05, 4.69) is 97.5 Å². The van der Waals surface area contributed by atoms with Gasteiger partial charge in [0.25, 0.3) is 5.91 Å². The second kappa shape index (κ2) is 9.06. The SMILES string of the molecule is CCc1ccc(N[C@H]2NC(=O)/C(=C/c3cc(C)n(-c4ccccc4CC)c3C)S2)cc1. The molecular weight excluding hydrogens is 402 g/mol. The highest BCUT2D eigenvalue weighted by Gasteiger charge is 2.27. The Hall–Kier alpha value is -2.92. The molecule has 160 valence electrons. The van der Waals surface area contributed by atoms with Gasteiger partial charge >= 0.3 is 0 Å². The average Bonchev–Trinajstić information content (AvgIpc) is 3.26. The first kappa shape index (κ1) is 21.3. The maximum Gasteiger partial charge on any atom is 0.260 e. The minimum Gasteiger partial charge on any atom is -0.357 e. The molecule has 2 N–H and O–H groups in total. The molecule has 2 aromatic carbocycles. The number of anilines is 1. The van der Waals surface area contributed by atoms with Crippen molar-refractivity contribution in [2.75, 3.05) is 5.32 Å². The lowest BCUT2D eigenvalue weighted by Gasteiger charge is -2.14. The lowest BCUT2D eigenvalue weighted by Crippen LogP contribution is -2.30. The molecule has 1 saturated heterocycles. The highest BCUT2D eigenvalue weighted by atomic mass is 32.2. The molecule has 1 amide bonds. The lowest BCUT2D eigenvalue weighted by molar-refractivity contribution is -0.116. The van der Waals surface area contributed by atoms with E-state index in [-0.39, 0.29) is 11.4 Å². The van der Waals surface area contributed by atoms with Gasteiger partial charge in [-0.2, -0.15) is 0 Å². The van der Waals surface area contributed by atoms with Crippen molar-refractivity contribution in [2.45, 2.75) is 46.0 Å².